The summed E-state index contributed by atoms with van der Waals surface area (Å²) < 4.78 is 1.13. The lowest BCUT2D eigenvalue weighted by molar-refractivity contribution is 0.666. The Morgan fingerprint density at radius 3 is 2.63 bits per heavy atom. The first-order valence-corrected chi connectivity index (χ1v) is 7.30. The van der Waals surface area contributed by atoms with Crippen LogP contribution in [0.1, 0.15) is 25.0 Å². The monoisotopic (exact) mass is 311 g/mol. The summed E-state index contributed by atoms with van der Waals surface area (Å²) in [5.74, 6) is 0. The fourth-order valence-electron chi connectivity index (χ4n) is 3.41. The number of nitrogens with one attached hydrogen (secondary N) is 1. The maximum absolute atomic E-state index is 3.64. The fourth-order valence-corrected chi connectivity index (χ4v) is 3.88. The molecule has 0 radical (unpaired) electrons. The number of benzene rings is 2. The average molecular weight is 312 g/mol. The lowest BCUT2D eigenvalue weighted by Crippen LogP contribution is -2.14. The third-order valence-corrected chi connectivity index (χ3v) is 4.94. The molecule has 2 heteroatoms. The second kappa shape index (κ2) is 3.51. The number of rotatable bonds is 0. The number of hydrogen-bond acceptors (Lipinski definition) is 0. The van der Waals surface area contributed by atoms with Crippen molar-refractivity contribution in [2.45, 2.75) is 19.3 Å². The molecule has 0 aliphatic heterocycles. The van der Waals surface area contributed by atoms with Crippen LogP contribution < -0.4 is 0 Å². The van der Waals surface area contributed by atoms with E-state index in [-0.39, 0.29) is 5.41 Å². The van der Waals surface area contributed by atoms with Gasteiger partial charge in [0.25, 0.3) is 0 Å². The van der Waals surface area contributed by atoms with Gasteiger partial charge in [0, 0.05) is 20.8 Å². The zero-order valence-electron chi connectivity index (χ0n) is 10.9. The van der Waals surface area contributed by atoms with Gasteiger partial charge in [-0.25, -0.2) is 0 Å². The number of aromatic amines is 1. The summed E-state index contributed by atoms with van der Waals surface area (Å²) >= 11 is 3.64. The van der Waals surface area contributed by atoms with E-state index < -0.39 is 0 Å². The molecule has 0 fully saturated rings. The molecule has 1 aliphatic rings. The largest absolute Gasteiger partial charge is 0.353 e. The molecule has 0 bridgehead atoms. The van der Waals surface area contributed by atoms with Gasteiger partial charge in [0.2, 0.25) is 0 Å². The van der Waals surface area contributed by atoms with E-state index in [1.165, 1.54) is 33.3 Å². The van der Waals surface area contributed by atoms with E-state index in [1.54, 1.807) is 0 Å². The number of fused-ring (bicyclic) bond motifs is 5. The van der Waals surface area contributed by atoms with E-state index in [2.05, 4.69) is 77.2 Å². The van der Waals surface area contributed by atoms with Crippen LogP contribution in [0.3, 0.4) is 0 Å². The Balaban J connectivity index is 2.20. The first-order chi connectivity index (χ1) is 9.10. The van der Waals surface area contributed by atoms with Crippen molar-refractivity contribution in [1.82, 2.24) is 4.98 Å². The molecule has 0 saturated heterocycles. The van der Waals surface area contributed by atoms with Crippen LogP contribution in [0.15, 0.2) is 46.9 Å². The van der Waals surface area contributed by atoms with Gasteiger partial charge in [-0.2, -0.15) is 0 Å². The summed E-state index contributed by atoms with van der Waals surface area (Å²) in [5, 5.41) is 1.32. The van der Waals surface area contributed by atoms with Crippen molar-refractivity contribution in [3.05, 3.63) is 58.1 Å². The molecular weight excluding hydrogens is 298 g/mol. The Morgan fingerprint density at radius 1 is 1.00 bits per heavy atom. The molecular formula is C17H14BrN. The maximum Gasteiger partial charge on any atom is 0.0606 e. The van der Waals surface area contributed by atoms with Crippen molar-refractivity contribution in [3.63, 3.8) is 0 Å². The van der Waals surface area contributed by atoms with E-state index in [9.17, 15) is 0 Å². The number of hydrogen-bond donors (Lipinski definition) is 1. The molecule has 1 aromatic heterocycles. The number of H-pyrrole nitrogens is 1. The summed E-state index contributed by atoms with van der Waals surface area (Å²) in [6, 6.07) is 15.1. The molecule has 1 N–H and O–H groups in total. The normalized spacial score (nSPS) is 15.5. The molecule has 0 atom stereocenters. The zero-order chi connectivity index (χ0) is 13.2. The summed E-state index contributed by atoms with van der Waals surface area (Å²) in [6.45, 7) is 4.62. The van der Waals surface area contributed by atoms with Crippen LogP contribution >= 0.6 is 15.9 Å². The standard InChI is InChI=1S/C17H14BrN/c1-17(2)12-8-4-3-6-10(12)16-14(17)11-7-5-9-13(18)15(11)19-16/h3-9,19H,1-2H3. The highest BCUT2D eigenvalue weighted by molar-refractivity contribution is 9.10. The van der Waals surface area contributed by atoms with E-state index in [4.69, 9.17) is 0 Å². The predicted molar refractivity (Wildman–Crippen MR) is 83.6 cm³/mol. The lowest BCUT2D eigenvalue weighted by Gasteiger charge is -2.21. The molecule has 0 saturated carbocycles. The van der Waals surface area contributed by atoms with Crippen molar-refractivity contribution in [2.24, 2.45) is 0 Å². The minimum atomic E-state index is 0.0605. The van der Waals surface area contributed by atoms with Crippen LogP contribution in [0, 0.1) is 0 Å². The van der Waals surface area contributed by atoms with Crippen LogP contribution in [0.25, 0.3) is 22.2 Å². The Morgan fingerprint density at radius 2 is 1.79 bits per heavy atom. The Labute approximate surface area is 120 Å². The maximum atomic E-state index is 3.64. The van der Waals surface area contributed by atoms with Crippen LogP contribution in [-0.2, 0) is 5.41 Å². The average Bonchev–Trinajstić information content (AvgIpc) is 2.88. The number of halogens is 1. The second-order valence-electron chi connectivity index (χ2n) is 5.71. The molecule has 3 aromatic rings. The lowest BCUT2D eigenvalue weighted by atomic mass is 9.81. The van der Waals surface area contributed by atoms with Gasteiger partial charge in [-0.05, 0) is 33.1 Å². The summed E-state index contributed by atoms with van der Waals surface area (Å²) in [4.78, 5) is 3.61. The first kappa shape index (κ1) is 11.3. The number of para-hydroxylation sites is 1. The van der Waals surface area contributed by atoms with Crippen LogP contribution in [0.4, 0.5) is 0 Å². The van der Waals surface area contributed by atoms with Crippen molar-refractivity contribution in [1.29, 1.82) is 0 Å². The predicted octanol–water partition coefficient (Wildman–Crippen LogP) is 5.24. The van der Waals surface area contributed by atoms with Crippen molar-refractivity contribution >= 4 is 26.8 Å². The number of aromatic nitrogens is 1. The van der Waals surface area contributed by atoms with Crippen molar-refractivity contribution in [2.75, 3.05) is 0 Å². The topological polar surface area (TPSA) is 15.8 Å². The van der Waals surface area contributed by atoms with Crippen LogP contribution in [-0.4, -0.2) is 4.98 Å². The summed E-state index contributed by atoms with van der Waals surface area (Å²) in [5.41, 5.74) is 6.72. The van der Waals surface area contributed by atoms with Gasteiger partial charge < -0.3 is 4.98 Å². The van der Waals surface area contributed by atoms with Gasteiger partial charge in [-0.1, -0.05) is 50.2 Å². The third kappa shape index (κ3) is 1.30. The van der Waals surface area contributed by atoms with Crippen LogP contribution in [0.5, 0.6) is 0 Å². The highest BCUT2D eigenvalue weighted by atomic mass is 79.9. The highest BCUT2D eigenvalue weighted by Crippen LogP contribution is 2.51. The van der Waals surface area contributed by atoms with E-state index >= 15 is 0 Å². The summed E-state index contributed by atoms with van der Waals surface area (Å²) in [6.07, 6.45) is 0. The van der Waals surface area contributed by atoms with E-state index in [0.717, 1.165) is 4.47 Å². The SMILES string of the molecule is CC1(C)c2ccccc2-c2[nH]c3c(Br)cccc3c21. The van der Waals surface area contributed by atoms with Gasteiger partial charge in [0.1, 0.15) is 0 Å². The van der Waals surface area contributed by atoms with Gasteiger partial charge >= 0.3 is 0 Å². The first-order valence-electron chi connectivity index (χ1n) is 6.51. The molecule has 94 valence electrons. The molecule has 4 rings (SSSR count). The molecule has 1 heterocycles. The molecule has 0 amide bonds. The molecule has 1 nitrogen and oxygen atoms in total. The van der Waals surface area contributed by atoms with E-state index in [1.807, 2.05) is 0 Å². The minimum Gasteiger partial charge on any atom is -0.353 e. The quantitative estimate of drug-likeness (QED) is 0.584. The molecule has 0 spiro atoms. The van der Waals surface area contributed by atoms with E-state index in [0.29, 0.717) is 0 Å². The fraction of sp³-hybridized carbons (Fsp3) is 0.176. The molecule has 2 aromatic carbocycles. The zero-order valence-corrected chi connectivity index (χ0v) is 12.5. The van der Waals surface area contributed by atoms with Crippen molar-refractivity contribution in [3.8, 4) is 11.3 Å². The molecule has 0 unspecified atom stereocenters. The minimum absolute atomic E-state index is 0.0605. The smallest absolute Gasteiger partial charge is 0.0606 e. The second-order valence-corrected chi connectivity index (χ2v) is 6.56. The Hall–Kier alpha value is -1.54. The van der Waals surface area contributed by atoms with Gasteiger partial charge in [0.05, 0.1) is 11.2 Å². The van der Waals surface area contributed by atoms with Gasteiger partial charge in [-0.3, -0.25) is 0 Å². The highest BCUT2D eigenvalue weighted by Gasteiger charge is 2.38. The molecule has 1 aliphatic carbocycles. The van der Waals surface area contributed by atoms with Crippen LogP contribution in [0.2, 0.25) is 0 Å². The van der Waals surface area contributed by atoms with Gasteiger partial charge in [0.15, 0.2) is 0 Å². The summed E-state index contributed by atoms with van der Waals surface area (Å²) in [7, 11) is 0. The Kier molecular flexibility index (Phi) is 2.09. The van der Waals surface area contributed by atoms with Crippen molar-refractivity contribution < 1.29 is 0 Å². The van der Waals surface area contributed by atoms with Gasteiger partial charge in [-0.15, -0.1) is 0 Å². The third-order valence-electron chi connectivity index (χ3n) is 4.28. The Bertz CT molecular complexity index is 811. The molecule has 19 heavy (non-hydrogen) atoms.